The molecule has 6 heteroatoms. The van der Waals surface area contributed by atoms with Gasteiger partial charge in [0.05, 0.1) is 6.54 Å². The minimum Gasteiger partial charge on any atom is -0.375 e. The Labute approximate surface area is 167 Å². The predicted octanol–water partition coefficient (Wildman–Crippen LogP) is 3.31. The van der Waals surface area contributed by atoms with Gasteiger partial charge in [-0.15, -0.1) is 0 Å². The highest BCUT2D eigenvalue weighted by Gasteiger charge is 2.41. The summed E-state index contributed by atoms with van der Waals surface area (Å²) in [6.45, 7) is 9.22. The smallest absolute Gasteiger partial charge is 0.252 e. The molecule has 2 aromatic rings. The molecule has 0 N–H and O–H groups in total. The molecule has 4 rings (SSSR count). The summed E-state index contributed by atoms with van der Waals surface area (Å²) in [6.07, 6.45) is 3.80. The largest absolute Gasteiger partial charge is 0.375 e. The number of piperidine rings is 2. The van der Waals surface area contributed by atoms with Crippen molar-refractivity contribution in [2.24, 2.45) is 5.41 Å². The molecule has 6 nitrogen and oxygen atoms in total. The van der Waals surface area contributed by atoms with Crippen molar-refractivity contribution < 1.29 is 9.26 Å². The maximum atomic E-state index is 5.23. The first-order valence-electron chi connectivity index (χ1n) is 10.5. The van der Waals surface area contributed by atoms with Crippen LogP contribution in [0.3, 0.4) is 0 Å². The Morgan fingerprint density at radius 1 is 1.18 bits per heavy atom. The zero-order valence-corrected chi connectivity index (χ0v) is 17.1. The van der Waals surface area contributed by atoms with Crippen LogP contribution in [0.1, 0.15) is 49.4 Å². The predicted molar refractivity (Wildman–Crippen MR) is 108 cm³/mol. The van der Waals surface area contributed by atoms with Gasteiger partial charge in [-0.1, -0.05) is 42.4 Å². The Kier molecular flexibility index (Phi) is 6.09. The molecule has 1 aromatic heterocycles. The molecule has 0 radical (unpaired) electrons. The molecule has 28 heavy (non-hydrogen) atoms. The summed E-state index contributed by atoms with van der Waals surface area (Å²) in [4.78, 5) is 9.55. The lowest BCUT2D eigenvalue weighted by Crippen LogP contribution is -2.51. The van der Waals surface area contributed by atoms with Gasteiger partial charge in [-0.2, -0.15) is 4.98 Å². The summed E-state index contributed by atoms with van der Waals surface area (Å²) in [6, 6.07) is 11.1. The quantitative estimate of drug-likeness (QED) is 0.762. The van der Waals surface area contributed by atoms with Crippen LogP contribution in [0.4, 0.5) is 0 Å². The van der Waals surface area contributed by atoms with E-state index in [1.807, 2.05) is 0 Å². The third kappa shape index (κ3) is 4.45. The third-order valence-corrected chi connectivity index (χ3v) is 6.49. The number of rotatable bonds is 6. The van der Waals surface area contributed by atoms with Gasteiger partial charge in [0.1, 0.15) is 6.61 Å². The fourth-order valence-electron chi connectivity index (χ4n) is 4.98. The molecular formula is C22H32N4O2. The molecule has 0 aliphatic carbocycles. The van der Waals surface area contributed by atoms with Crippen molar-refractivity contribution >= 4 is 0 Å². The van der Waals surface area contributed by atoms with E-state index in [0.717, 1.165) is 32.0 Å². The summed E-state index contributed by atoms with van der Waals surface area (Å²) in [5.74, 6) is 1.97. The first kappa shape index (κ1) is 19.6. The van der Waals surface area contributed by atoms with Gasteiger partial charge in [-0.25, -0.2) is 0 Å². The van der Waals surface area contributed by atoms with E-state index in [1.54, 1.807) is 7.11 Å². The zero-order valence-electron chi connectivity index (χ0n) is 17.1. The van der Waals surface area contributed by atoms with Gasteiger partial charge >= 0.3 is 0 Å². The van der Waals surface area contributed by atoms with Crippen LogP contribution in [-0.2, 0) is 17.9 Å². The minimum atomic E-state index is 0.379. The van der Waals surface area contributed by atoms with E-state index in [0.29, 0.717) is 23.8 Å². The van der Waals surface area contributed by atoms with Gasteiger partial charge in [0.2, 0.25) is 0 Å². The van der Waals surface area contributed by atoms with Crippen LogP contribution in [0.2, 0.25) is 0 Å². The highest BCUT2D eigenvalue weighted by Crippen LogP contribution is 2.45. The van der Waals surface area contributed by atoms with Crippen LogP contribution in [-0.4, -0.2) is 59.8 Å². The van der Waals surface area contributed by atoms with E-state index in [-0.39, 0.29) is 0 Å². The lowest BCUT2D eigenvalue weighted by molar-refractivity contribution is 0.0130. The van der Waals surface area contributed by atoms with Gasteiger partial charge in [-0.3, -0.25) is 4.90 Å². The fourth-order valence-corrected chi connectivity index (χ4v) is 4.98. The summed E-state index contributed by atoms with van der Waals surface area (Å²) in [5.41, 5.74) is 1.93. The highest BCUT2D eigenvalue weighted by atomic mass is 16.5. The summed E-state index contributed by atoms with van der Waals surface area (Å²) in [5, 5.41) is 4.09. The maximum absolute atomic E-state index is 5.23. The summed E-state index contributed by atoms with van der Waals surface area (Å²) >= 11 is 0. The van der Waals surface area contributed by atoms with Crippen molar-refractivity contribution in [2.75, 3.05) is 39.8 Å². The molecule has 3 heterocycles. The number of ether oxygens (including phenoxy) is 1. The van der Waals surface area contributed by atoms with E-state index < -0.39 is 0 Å². The minimum absolute atomic E-state index is 0.379. The lowest BCUT2D eigenvalue weighted by Gasteiger charge is -2.50. The number of hydrogen-bond donors (Lipinski definition) is 0. The van der Waals surface area contributed by atoms with Crippen LogP contribution in [0.25, 0.3) is 0 Å². The van der Waals surface area contributed by atoms with E-state index in [1.165, 1.54) is 37.9 Å². The molecular weight excluding hydrogens is 352 g/mol. The number of likely N-dealkylation sites (N-methyl/N-ethyl adjacent to an activating group) is 1. The molecule has 1 spiro atoms. The van der Waals surface area contributed by atoms with Crippen LogP contribution in [0, 0.1) is 5.41 Å². The summed E-state index contributed by atoms with van der Waals surface area (Å²) in [7, 11) is 1.64. The van der Waals surface area contributed by atoms with Crippen molar-refractivity contribution in [3.05, 3.63) is 47.6 Å². The SMILES string of the molecule is CCN1CC(c2ccccc2)CC2(CCN(Cc3noc(COC)n3)CC2)C1. The molecule has 0 saturated carbocycles. The molecule has 0 bridgehead atoms. The van der Waals surface area contributed by atoms with Crippen molar-refractivity contribution in [3.63, 3.8) is 0 Å². The average Bonchev–Trinajstić information content (AvgIpc) is 3.17. The third-order valence-electron chi connectivity index (χ3n) is 6.49. The average molecular weight is 385 g/mol. The Bertz CT molecular complexity index is 740. The monoisotopic (exact) mass is 384 g/mol. The molecule has 2 saturated heterocycles. The van der Waals surface area contributed by atoms with Crippen molar-refractivity contribution in [2.45, 2.75) is 45.3 Å². The second-order valence-corrected chi connectivity index (χ2v) is 8.45. The number of nitrogens with zero attached hydrogens (tertiary/aromatic N) is 4. The van der Waals surface area contributed by atoms with Crippen LogP contribution < -0.4 is 0 Å². The molecule has 2 fully saturated rings. The lowest BCUT2D eigenvalue weighted by atomic mass is 9.68. The Balaban J connectivity index is 1.38. The normalized spacial score (nSPS) is 23.3. The number of benzene rings is 1. The number of methoxy groups -OCH3 is 1. The van der Waals surface area contributed by atoms with Gasteiger partial charge < -0.3 is 14.2 Å². The van der Waals surface area contributed by atoms with Gasteiger partial charge in [-0.05, 0) is 55.8 Å². The van der Waals surface area contributed by atoms with Crippen LogP contribution >= 0.6 is 0 Å². The Morgan fingerprint density at radius 2 is 1.96 bits per heavy atom. The molecule has 2 aliphatic heterocycles. The van der Waals surface area contributed by atoms with Gasteiger partial charge in [0.25, 0.3) is 5.89 Å². The van der Waals surface area contributed by atoms with Gasteiger partial charge in [0.15, 0.2) is 5.82 Å². The van der Waals surface area contributed by atoms with E-state index in [9.17, 15) is 0 Å². The summed E-state index contributed by atoms with van der Waals surface area (Å²) < 4.78 is 10.3. The van der Waals surface area contributed by atoms with E-state index in [2.05, 4.69) is 57.2 Å². The molecule has 1 aromatic carbocycles. The molecule has 1 atom stereocenters. The first-order valence-corrected chi connectivity index (χ1v) is 10.5. The molecule has 2 aliphatic rings. The number of likely N-dealkylation sites (tertiary alicyclic amines) is 2. The fraction of sp³-hybridized carbons (Fsp3) is 0.636. The van der Waals surface area contributed by atoms with E-state index >= 15 is 0 Å². The molecule has 152 valence electrons. The van der Waals surface area contributed by atoms with Crippen molar-refractivity contribution in [3.8, 4) is 0 Å². The topological polar surface area (TPSA) is 54.6 Å². The van der Waals surface area contributed by atoms with Crippen molar-refractivity contribution in [1.82, 2.24) is 19.9 Å². The number of hydrogen-bond acceptors (Lipinski definition) is 6. The second-order valence-electron chi connectivity index (χ2n) is 8.45. The second kappa shape index (κ2) is 8.72. The number of aromatic nitrogens is 2. The first-order chi connectivity index (χ1) is 13.7. The zero-order chi connectivity index (χ0) is 19.4. The van der Waals surface area contributed by atoms with Crippen LogP contribution in [0.5, 0.6) is 0 Å². The molecule has 1 unspecified atom stereocenters. The highest BCUT2D eigenvalue weighted by molar-refractivity contribution is 5.21. The standard InChI is InChI=1S/C22H32N4O2/c1-3-25-14-19(18-7-5-4-6-8-18)13-22(17-25)9-11-26(12-10-22)15-20-23-21(16-27-2)28-24-20/h4-8,19H,3,9-17H2,1-2H3. The van der Waals surface area contributed by atoms with Gasteiger partial charge in [0, 0.05) is 20.2 Å². The Morgan fingerprint density at radius 3 is 2.68 bits per heavy atom. The maximum Gasteiger partial charge on any atom is 0.252 e. The van der Waals surface area contributed by atoms with E-state index in [4.69, 9.17) is 9.26 Å². The Hall–Kier alpha value is -1.76. The van der Waals surface area contributed by atoms with Crippen LogP contribution in [0.15, 0.2) is 34.9 Å². The molecule has 0 amide bonds. The van der Waals surface area contributed by atoms with Crippen molar-refractivity contribution in [1.29, 1.82) is 0 Å².